The van der Waals surface area contributed by atoms with Crippen LogP contribution in [0.4, 0.5) is 0 Å². The van der Waals surface area contributed by atoms with E-state index >= 15 is 0 Å². The van der Waals surface area contributed by atoms with Gasteiger partial charge in [0.05, 0.1) is 0 Å². The minimum atomic E-state index is -2.07. The van der Waals surface area contributed by atoms with Crippen LogP contribution in [0.2, 0.25) is 43.8 Å². The molecule has 0 spiro atoms. The Balaban J connectivity index is 1.79. The molecule has 4 rings (SSSR count). The summed E-state index contributed by atoms with van der Waals surface area (Å²) in [5.74, 6) is -1.11. The molecule has 16 heteroatoms. The number of ether oxygens (including phenoxy) is 7. The van der Waals surface area contributed by atoms with Crippen LogP contribution in [0.15, 0.2) is 90.1 Å². The summed E-state index contributed by atoms with van der Waals surface area (Å²) in [6.07, 6.45) is 4.28. The monoisotopic (exact) mass is 1040 g/mol. The van der Waals surface area contributed by atoms with Crippen LogP contribution < -0.4 is 13.9 Å². The molecule has 0 N–H and O–H groups in total. The fourth-order valence-corrected chi connectivity index (χ4v) is 12.0. The predicted octanol–water partition coefficient (Wildman–Crippen LogP) is 11.8. The summed E-state index contributed by atoms with van der Waals surface area (Å²) in [6.45, 7) is 26.8. The Bertz CT molecular complexity index is 2120. The zero-order valence-electron chi connectivity index (χ0n) is 42.7. The zero-order chi connectivity index (χ0) is 50.1. The van der Waals surface area contributed by atoms with Crippen LogP contribution in [0.3, 0.4) is 0 Å². The van der Waals surface area contributed by atoms with Gasteiger partial charge in [-0.1, -0.05) is 20.8 Å². The van der Waals surface area contributed by atoms with Gasteiger partial charge in [-0.05, 0) is 18.1 Å². The molecule has 68 heavy (non-hydrogen) atoms. The third-order valence-electron chi connectivity index (χ3n) is 12.2. The van der Waals surface area contributed by atoms with Crippen LogP contribution in [0.5, 0.6) is 11.5 Å². The number of nitrogens with zero attached hydrogens (tertiary/aromatic N) is 3. The molecule has 3 aromatic rings. The van der Waals surface area contributed by atoms with Gasteiger partial charge in [-0.15, -0.1) is 0 Å². The SMILES string of the molecule is COCOc1cc(OCCCCN=[N+]=[N-])cc(C(CC[C@@H]2OC(C)(C)O[C@@H]2C(/C=C\[C@@H](C)[C@@H](C)O[Si](C)(C)C(C)(C)C)OC(=O)c2ccccc2)[Se]c2ccccc2)c1C(=O)OCC[Si](C)(C)C. The van der Waals surface area contributed by atoms with E-state index in [1.165, 1.54) is 7.11 Å². The van der Waals surface area contributed by atoms with Crippen molar-refractivity contribution in [3.05, 3.63) is 112 Å². The van der Waals surface area contributed by atoms with Gasteiger partial charge in [0.1, 0.15) is 0 Å². The summed E-state index contributed by atoms with van der Waals surface area (Å²) >= 11 is -0.222. The Kier molecular flexibility index (Phi) is 21.9. The van der Waals surface area contributed by atoms with Gasteiger partial charge in [0.15, 0.2) is 0 Å². The Hall–Kier alpha value is -3.96. The van der Waals surface area contributed by atoms with Gasteiger partial charge >= 0.3 is 372 Å². The standard InChI is InChI=1S/C52H77N3O10SeSi2/c1-37(38(2)65-68(12,13)51(3,4)5)26-27-43(62-49(56)39-22-16-14-17-23-39)48-44(63-52(6,7)64-48)28-29-46(66-41-24-18-15-19-25-41)42-34-40(59-31-21-20-30-54-55-53)35-45(61-36-58-8)47(42)50(57)60-32-33-67(9,10)11/h14-19,22-27,34-35,37-38,43-44,46,48H,20-21,28-33,36H2,1-13H3/b27-26-/t37-,38-,43?,44+,46?,48-/m1/s1. The molecule has 3 aromatic carbocycles. The number of esters is 2. The van der Waals surface area contributed by atoms with Gasteiger partial charge in [-0.2, -0.15) is 0 Å². The molecule has 1 heterocycles. The first kappa shape index (κ1) is 56.6. The van der Waals surface area contributed by atoms with Crippen molar-refractivity contribution in [3.63, 3.8) is 0 Å². The van der Waals surface area contributed by atoms with Crippen LogP contribution in [-0.4, -0.2) is 107 Å². The summed E-state index contributed by atoms with van der Waals surface area (Å²) in [5, 5.41) is 3.70. The van der Waals surface area contributed by atoms with Crippen molar-refractivity contribution in [3.8, 4) is 11.5 Å². The number of hydrogen-bond acceptors (Lipinski definition) is 11. The van der Waals surface area contributed by atoms with Gasteiger partial charge in [0.25, 0.3) is 0 Å². The molecule has 0 amide bonds. The average Bonchev–Trinajstić information content (AvgIpc) is 3.59. The molecule has 1 aliphatic heterocycles. The van der Waals surface area contributed by atoms with E-state index in [4.69, 9.17) is 43.1 Å². The van der Waals surface area contributed by atoms with Crippen LogP contribution in [0.25, 0.3) is 10.4 Å². The van der Waals surface area contributed by atoms with E-state index in [-0.39, 0.29) is 50.2 Å². The van der Waals surface area contributed by atoms with Crippen molar-refractivity contribution in [2.75, 3.05) is 33.7 Å². The fourth-order valence-electron chi connectivity index (χ4n) is 7.24. The Labute approximate surface area is 414 Å². The molecule has 1 fully saturated rings. The number of methoxy groups -OCH3 is 1. The molecule has 0 aromatic heterocycles. The molecule has 0 bridgehead atoms. The Morgan fingerprint density at radius 3 is 2.22 bits per heavy atom. The van der Waals surface area contributed by atoms with Gasteiger partial charge < -0.3 is 5.53 Å². The molecule has 2 unspecified atom stereocenters. The molecule has 1 saturated heterocycles. The van der Waals surface area contributed by atoms with Gasteiger partial charge in [-0.3, -0.25) is 0 Å². The van der Waals surface area contributed by atoms with Crippen LogP contribution in [0.1, 0.15) is 105 Å². The first-order valence-electron chi connectivity index (χ1n) is 23.8. The number of benzene rings is 3. The molecular weight excluding hydrogens is 962 g/mol. The third-order valence-corrected chi connectivity index (χ3v) is 21.3. The second kappa shape index (κ2) is 26.3. The van der Waals surface area contributed by atoms with E-state index in [9.17, 15) is 9.59 Å². The Morgan fingerprint density at radius 1 is 0.912 bits per heavy atom. The van der Waals surface area contributed by atoms with E-state index < -0.39 is 52.4 Å². The number of carbonyl (C=O) groups excluding carboxylic acids is 2. The second-order valence-corrected chi connectivity index (χ2v) is 33.6. The quantitative estimate of drug-likeness (QED) is 0.0105. The summed E-state index contributed by atoms with van der Waals surface area (Å²) in [5.41, 5.74) is 10.2. The van der Waals surface area contributed by atoms with Gasteiger partial charge in [-0.25, -0.2) is 0 Å². The topological polar surface area (TPSA) is 157 Å². The predicted molar refractivity (Wildman–Crippen MR) is 275 cm³/mol. The molecule has 374 valence electrons. The molecule has 13 nitrogen and oxygen atoms in total. The van der Waals surface area contributed by atoms with Gasteiger partial charge in [0.2, 0.25) is 0 Å². The molecule has 0 aliphatic carbocycles. The van der Waals surface area contributed by atoms with Crippen LogP contribution in [-0.2, 0) is 28.1 Å². The van der Waals surface area contributed by atoms with Crippen LogP contribution in [0, 0.1) is 5.92 Å². The molecule has 0 radical (unpaired) electrons. The number of unbranched alkanes of at least 4 members (excludes halogenated alkanes) is 1. The fraction of sp³-hybridized carbons (Fsp3) is 0.577. The van der Waals surface area contributed by atoms with Gasteiger partial charge in [0, 0.05) is 0 Å². The maximum absolute atomic E-state index is 14.5. The molecular formula is C52H77N3O10SeSi2. The number of carbonyl (C=O) groups is 2. The Morgan fingerprint density at radius 2 is 1.59 bits per heavy atom. The third kappa shape index (κ3) is 18.1. The number of rotatable bonds is 27. The number of azide groups is 1. The summed E-state index contributed by atoms with van der Waals surface area (Å²) in [7, 11) is -2.08. The van der Waals surface area contributed by atoms with Crippen molar-refractivity contribution < 1.29 is 47.2 Å². The van der Waals surface area contributed by atoms with Crippen molar-refractivity contribution >= 4 is 47.7 Å². The van der Waals surface area contributed by atoms with Crippen molar-refractivity contribution in [2.24, 2.45) is 11.0 Å². The second-order valence-electron chi connectivity index (χ2n) is 20.6. The average molecular weight is 1040 g/mol. The van der Waals surface area contributed by atoms with E-state index in [2.05, 4.69) is 95.6 Å². The molecule has 1 aliphatic rings. The van der Waals surface area contributed by atoms with E-state index in [0.29, 0.717) is 61.5 Å². The van der Waals surface area contributed by atoms with E-state index in [0.717, 1.165) is 16.1 Å². The van der Waals surface area contributed by atoms with Crippen LogP contribution >= 0.6 is 0 Å². The maximum atomic E-state index is 14.5. The minimum absolute atomic E-state index is 0.00669. The summed E-state index contributed by atoms with van der Waals surface area (Å²) in [4.78, 5) is 31.0. The normalized spacial score (nSPS) is 18.0. The molecule has 0 saturated carbocycles. The van der Waals surface area contributed by atoms with Crippen molar-refractivity contribution in [1.82, 2.24) is 0 Å². The van der Waals surface area contributed by atoms with Crippen molar-refractivity contribution in [1.29, 1.82) is 0 Å². The summed E-state index contributed by atoms with van der Waals surface area (Å²) < 4.78 is 51.7. The first-order chi connectivity index (χ1) is 32.0. The van der Waals surface area contributed by atoms with Crippen molar-refractivity contribution in [2.45, 2.75) is 153 Å². The zero-order valence-corrected chi connectivity index (χ0v) is 46.5. The molecule has 6 atom stereocenters. The van der Waals surface area contributed by atoms with E-state index in [1.807, 2.05) is 62.4 Å². The van der Waals surface area contributed by atoms with E-state index in [1.54, 1.807) is 18.2 Å². The first-order valence-corrected chi connectivity index (χ1v) is 32.3. The summed E-state index contributed by atoms with van der Waals surface area (Å²) in [6, 6.07) is 23.7. The number of hydrogen-bond donors (Lipinski definition) is 0.